The molecule has 2 aromatic heterocycles. The van der Waals surface area contributed by atoms with E-state index in [2.05, 4.69) is 27.1 Å². The lowest BCUT2D eigenvalue weighted by Gasteiger charge is -2.29. The predicted molar refractivity (Wildman–Crippen MR) is 130 cm³/mol. The number of pyridine rings is 1. The zero-order valence-electron chi connectivity index (χ0n) is 19.3. The Balaban J connectivity index is 1.68. The highest BCUT2D eigenvalue weighted by Gasteiger charge is 2.25. The fourth-order valence-electron chi connectivity index (χ4n) is 4.63. The SMILES string of the molecule is COc1c(OCC2CCN(C)CC2)cc2c(c(-c3ccc(O)c(Cl)c3)nc3[nH]nc(C)c32)c1F. The topological polar surface area (TPSA) is 83.5 Å². The second-order valence-corrected chi connectivity index (χ2v) is 9.27. The van der Waals surface area contributed by atoms with Crippen molar-refractivity contribution >= 4 is 33.4 Å². The summed E-state index contributed by atoms with van der Waals surface area (Å²) in [6.45, 7) is 4.39. The van der Waals surface area contributed by atoms with Crippen molar-refractivity contribution in [2.45, 2.75) is 19.8 Å². The molecule has 4 aromatic rings. The van der Waals surface area contributed by atoms with Crippen LogP contribution in [0.15, 0.2) is 24.3 Å². The van der Waals surface area contributed by atoms with Crippen LogP contribution in [-0.2, 0) is 0 Å². The number of hydrogen-bond acceptors (Lipinski definition) is 6. The molecular weight excluding hydrogens is 459 g/mol. The molecule has 0 unspecified atom stereocenters. The van der Waals surface area contributed by atoms with E-state index in [9.17, 15) is 5.11 Å². The number of nitrogens with one attached hydrogen (secondary N) is 1. The first kappa shape index (κ1) is 22.7. The first-order valence-electron chi connectivity index (χ1n) is 11.2. The Morgan fingerprint density at radius 3 is 2.71 bits per heavy atom. The summed E-state index contributed by atoms with van der Waals surface area (Å²) >= 11 is 6.15. The number of nitrogens with zero attached hydrogens (tertiary/aromatic N) is 3. The number of H-pyrrole nitrogens is 1. The summed E-state index contributed by atoms with van der Waals surface area (Å²) in [6.07, 6.45) is 2.07. The molecule has 1 aliphatic heterocycles. The molecule has 0 atom stereocenters. The maximum absolute atomic E-state index is 16.1. The molecule has 34 heavy (non-hydrogen) atoms. The average Bonchev–Trinajstić information content (AvgIpc) is 3.20. The number of halogens is 2. The molecule has 2 N–H and O–H groups in total. The van der Waals surface area contributed by atoms with Crippen LogP contribution < -0.4 is 9.47 Å². The van der Waals surface area contributed by atoms with E-state index in [-0.39, 0.29) is 21.9 Å². The van der Waals surface area contributed by atoms with Crippen LogP contribution in [0.4, 0.5) is 4.39 Å². The van der Waals surface area contributed by atoms with E-state index in [1.807, 2.05) is 13.0 Å². The van der Waals surface area contributed by atoms with E-state index in [4.69, 9.17) is 21.1 Å². The monoisotopic (exact) mass is 484 g/mol. The highest BCUT2D eigenvalue weighted by Crippen LogP contribution is 2.43. The summed E-state index contributed by atoms with van der Waals surface area (Å²) in [7, 11) is 3.54. The van der Waals surface area contributed by atoms with Crippen LogP contribution in [0.2, 0.25) is 5.02 Å². The summed E-state index contributed by atoms with van der Waals surface area (Å²) in [5, 5.41) is 18.8. The Hall–Kier alpha value is -3.10. The number of aromatic hydroxyl groups is 1. The number of aryl methyl sites for hydroxylation is 1. The third-order valence-electron chi connectivity index (χ3n) is 6.58. The van der Waals surface area contributed by atoms with Gasteiger partial charge in [-0.3, -0.25) is 5.10 Å². The third kappa shape index (κ3) is 3.91. The molecule has 178 valence electrons. The Morgan fingerprint density at radius 1 is 1.24 bits per heavy atom. The van der Waals surface area contributed by atoms with Gasteiger partial charge in [0, 0.05) is 21.7 Å². The molecule has 1 fully saturated rings. The van der Waals surface area contributed by atoms with Gasteiger partial charge in [0.25, 0.3) is 0 Å². The Morgan fingerprint density at radius 2 is 2.00 bits per heavy atom. The van der Waals surface area contributed by atoms with Crippen LogP contribution in [0.25, 0.3) is 33.1 Å². The van der Waals surface area contributed by atoms with Crippen molar-refractivity contribution in [1.29, 1.82) is 0 Å². The molecule has 2 aromatic carbocycles. The van der Waals surface area contributed by atoms with E-state index >= 15 is 4.39 Å². The van der Waals surface area contributed by atoms with Crippen molar-refractivity contribution in [2.75, 3.05) is 33.9 Å². The molecule has 3 heterocycles. The second-order valence-electron chi connectivity index (χ2n) is 8.86. The van der Waals surface area contributed by atoms with E-state index in [1.165, 1.54) is 13.2 Å². The zero-order valence-corrected chi connectivity index (χ0v) is 20.0. The van der Waals surface area contributed by atoms with Crippen LogP contribution in [-0.4, -0.2) is 59.0 Å². The van der Waals surface area contributed by atoms with E-state index in [1.54, 1.807) is 12.1 Å². The average molecular weight is 485 g/mol. The fraction of sp³-hybridized carbons (Fsp3) is 0.360. The molecule has 7 nitrogen and oxygen atoms in total. The van der Waals surface area contributed by atoms with Gasteiger partial charge < -0.3 is 19.5 Å². The third-order valence-corrected chi connectivity index (χ3v) is 6.89. The van der Waals surface area contributed by atoms with Gasteiger partial charge in [-0.1, -0.05) is 11.6 Å². The summed E-state index contributed by atoms with van der Waals surface area (Å²) < 4.78 is 27.7. The number of ether oxygens (including phenoxy) is 2. The number of rotatable bonds is 5. The quantitative estimate of drug-likeness (QED) is 0.399. The molecule has 0 aliphatic carbocycles. The van der Waals surface area contributed by atoms with Crippen LogP contribution in [0.1, 0.15) is 18.5 Å². The highest BCUT2D eigenvalue weighted by molar-refractivity contribution is 6.32. The zero-order chi connectivity index (χ0) is 24.0. The number of aromatic nitrogens is 3. The molecule has 0 amide bonds. The maximum atomic E-state index is 16.1. The number of aromatic amines is 1. The van der Waals surface area contributed by atoms with Gasteiger partial charge in [-0.05, 0) is 70.1 Å². The second kappa shape index (κ2) is 8.92. The van der Waals surface area contributed by atoms with Crippen molar-refractivity contribution in [3.8, 4) is 28.5 Å². The lowest BCUT2D eigenvalue weighted by Crippen LogP contribution is -2.32. The van der Waals surface area contributed by atoms with Crippen molar-refractivity contribution < 1.29 is 19.0 Å². The number of likely N-dealkylation sites (tertiary alicyclic amines) is 1. The number of benzene rings is 2. The summed E-state index contributed by atoms with van der Waals surface area (Å²) in [4.78, 5) is 6.96. The largest absolute Gasteiger partial charge is 0.506 e. The van der Waals surface area contributed by atoms with Crippen LogP contribution in [0.3, 0.4) is 0 Å². The van der Waals surface area contributed by atoms with Gasteiger partial charge in [-0.25, -0.2) is 9.37 Å². The van der Waals surface area contributed by atoms with Crippen molar-refractivity contribution in [2.24, 2.45) is 5.92 Å². The number of methoxy groups -OCH3 is 1. The van der Waals surface area contributed by atoms with Gasteiger partial charge in [-0.15, -0.1) is 0 Å². The standard InChI is InChI=1S/C25H26ClFN4O3/c1-13-20-16-11-19(34-12-14-6-8-31(2)9-7-14)24(33-3)22(27)21(16)23(28-25(20)30-29-13)15-4-5-18(32)17(26)10-15/h4-5,10-11,14,32H,6-9,12H2,1-3H3,(H,28,29,30). The van der Waals surface area contributed by atoms with Gasteiger partial charge in [0.05, 0.1) is 30.1 Å². The minimum atomic E-state index is -0.562. The minimum absolute atomic E-state index is 0.0360. The molecule has 0 saturated carbocycles. The Labute approximate surface area is 201 Å². The van der Waals surface area contributed by atoms with E-state index < -0.39 is 5.82 Å². The number of fused-ring (bicyclic) bond motifs is 3. The molecular formula is C25H26ClFN4O3. The van der Waals surface area contributed by atoms with Gasteiger partial charge in [0.15, 0.2) is 23.0 Å². The molecule has 5 rings (SSSR count). The normalized spacial score (nSPS) is 15.3. The van der Waals surface area contributed by atoms with Crippen molar-refractivity contribution in [1.82, 2.24) is 20.1 Å². The van der Waals surface area contributed by atoms with E-state index in [0.717, 1.165) is 25.9 Å². The summed E-state index contributed by atoms with van der Waals surface area (Å²) in [6, 6.07) is 6.48. The molecule has 0 bridgehead atoms. The summed E-state index contributed by atoms with van der Waals surface area (Å²) in [5.41, 5.74) is 2.15. The van der Waals surface area contributed by atoms with Gasteiger partial charge >= 0.3 is 0 Å². The fourth-order valence-corrected chi connectivity index (χ4v) is 4.81. The molecule has 9 heteroatoms. The first-order chi connectivity index (χ1) is 16.4. The maximum Gasteiger partial charge on any atom is 0.197 e. The highest BCUT2D eigenvalue weighted by atomic mass is 35.5. The van der Waals surface area contributed by atoms with Gasteiger partial charge in [0.2, 0.25) is 0 Å². The smallest absolute Gasteiger partial charge is 0.197 e. The van der Waals surface area contributed by atoms with Crippen molar-refractivity contribution in [3.63, 3.8) is 0 Å². The van der Waals surface area contributed by atoms with Gasteiger partial charge in [0.1, 0.15) is 5.75 Å². The number of hydrogen-bond donors (Lipinski definition) is 2. The van der Waals surface area contributed by atoms with Crippen LogP contribution >= 0.6 is 11.6 Å². The van der Waals surface area contributed by atoms with Gasteiger partial charge in [-0.2, -0.15) is 5.10 Å². The molecule has 0 spiro atoms. The lowest BCUT2D eigenvalue weighted by atomic mass is 9.98. The molecule has 1 aliphatic rings. The number of phenolic OH excluding ortho intramolecular Hbond substituents is 1. The first-order valence-corrected chi connectivity index (χ1v) is 11.6. The Bertz CT molecular complexity index is 1380. The van der Waals surface area contributed by atoms with Crippen LogP contribution in [0.5, 0.6) is 17.2 Å². The lowest BCUT2D eigenvalue weighted by molar-refractivity contribution is 0.157. The molecule has 0 radical (unpaired) electrons. The minimum Gasteiger partial charge on any atom is -0.506 e. The van der Waals surface area contributed by atoms with Crippen LogP contribution in [0, 0.1) is 18.7 Å². The predicted octanol–water partition coefficient (Wildman–Crippen LogP) is 5.31. The number of phenols is 1. The molecule has 1 saturated heterocycles. The Kier molecular flexibility index (Phi) is 5.95. The summed E-state index contributed by atoms with van der Waals surface area (Å²) in [5.74, 6) is 0.175. The van der Waals surface area contributed by atoms with E-state index in [0.29, 0.717) is 51.6 Å². The number of piperidine rings is 1. The van der Waals surface area contributed by atoms with Crippen molar-refractivity contribution in [3.05, 3.63) is 40.8 Å².